The van der Waals surface area contributed by atoms with E-state index >= 15 is 0 Å². The number of hydrogen-bond acceptors (Lipinski definition) is 5. The molecule has 1 N–H and O–H groups in total. The maximum absolute atomic E-state index is 12.4. The number of rotatable bonds is 5. The Morgan fingerprint density at radius 2 is 1.90 bits per heavy atom. The number of anilines is 1. The van der Waals surface area contributed by atoms with Gasteiger partial charge >= 0.3 is 0 Å². The second kappa shape index (κ2) is 8.00. The number of pyridine rings is 1. The van der Waals surface area contributed by atoms with Crippen LogP contribution in [0.2, 0.25) is 0 Å². The smallest absolute Gasteiger partial charge is 0.280 e. The molecular formula is C23H17N3O4. The third-order valence-electron chi connectivity index (χ3n) is 4.52. The molecule has 0 aliphatic heterocycles. The topological polar surface area (TPSA) is 98.3 Å². The number of nitrogens with zero attached hydrogens (tertiary/aromatic N) is 2. The second-order valence-electron chi connectivity index (χ2n) is 6.62. The lowest BCUT2D eigenvalue weighted by atomic mass is 10.1. The fourth-order valence-corrected chi connectivity index (χ4v) is 3.13. The van der Waals surface area contributed by atoms with Gasteiger partial charge in [-0.15, -0.1) is 0 Å². The van der Waals surface area contributed by atoms with Crippen LogP contribution in [0.1, 0.15) is 11.5 Å². The molecule has 0 radical (unpaired) electrons. The van der Waals surface area contributed by atoms with Crippen molar-refractivity contribution in [3.8, 4) is 11.3 Å². The Labute approximate surface area is 171 Å². The number of aromatic nitrogens is 1. The molecule has 148 valence electrons. The number of amides is 1. The van der Waals surface area contributed by atoms with Crippen molar-refractivity contribution in [3.63, 3.8) is 0 Å². The highest BCUT2D eigenvalue weighted by Crippen LogP contribution is 2.31. The van der Waals surface area contributed by atoms with E-state index in [9.17, 15) is 14.9 Å². The number of nitro benzene ring substituents is 1. The van der Waals surface area contributed by atoms with Gasteiger partial charge in [0, 0.05) is 23.2 Å². The van der Waals surface area contributed by atoms with Crippen molar-refractivity contribution in [2.75, 3.05) is 5.32 Å². The standard InChI is InChI=1S/C23H17N3O4/c1-15-9-12-17-19(24-15)6-4-7-20(17)25-23(27)14-11-16-10-13-22(30-16)18-5-2-3-8-21(18)26(28)29/h2-14H,1H3,(H,25,27)/b14-11+. The van der Waals surface area contributed by atoms with E-state index in [-0.39, 0.29) is 11.6 Å². The van der Waals surface area contributed by atoms with Crippen molar-refractivity contribution in [1.29, 1.82) is 0 Å². The van der Waals surface area contributed by atoms with E-state index < -0.39 is 4.92 Å². The van der Waals surface area contributed by atoms with Crippen LogP contribution in [0.4, 0.5) is 11.4 Å². The van der Waals surface area contributed by atoms with Gasteiger partial charge in [0.1, 0.15) is 11.5 Å². The summed E-state index contributed by atoms with van der Waals surface area (Å²) in [6.45, 7) is 1.91. The predicted molar refractivity (Wildman–Crippen MR) is 115 cm³/mol. The van der Waals surface area contributed by atoms with Gasteiger partial charge < -0.3 is 9.73 Å². The van der Waals surface area contributed by atoms with Crippen molar-refractivity contribution >= 4 is 34.3 Å². The highest BCUT2D eigenvalue weighted by atomic mass is 16.6. The fourth-order valence-electron chi connectivity index (χ4n) is 3.13. The first-order valence-corrected chi connectivity index (χ1v) is 9.20. The second-order valence-corrected chi connectivity index (χ2v) is 6.62. The van der Waals surface area contributed by atoms with E-state index in [1.165, 1.54) is 18.2 Å². The summed E-state index contributed by atoms with van der Waals surface area (Å²) in [5.74, 6) is 0.443. The number of hydrogen-bond donors (Lipinski definition) is 1. The lowest BCUT2D eigenvalue weighted by Gasteiger charge is -2.07. The van der Waals surface area contributed by atoms with Gasteiger partial charge in [0.05, 0.1) is 21.7 Å². The summed E-state index contributed by atoms with van der Waals surface area (Å²) in [4.78, 5) is 27.6. The maximum Gasteiger partial charge on any atom is 0.280 e. The number of fused-ring (bicyclic) bond motifs is 1. The molecule has 2 aromatic carbocycles. The van der Waals surface area contributed by atoms with E-state index in [1.54, 1.807) is 30.3 Å². The van der Waals surface area contributed by atoms with Crippen LogP contribution in [0.5, 0.6) is 0 Å². The van der Waals surface area contributed by atoms with E-state index in [2.05, 4.69) is 10.3 Å². The van der Waals surface area contributed by atoms with Crippen LogP contribution in [0.25, 0.3) is 28.3 Å². The van der Waals surface area contributed by atoms with E-state index in [0.717, 1.165) is 16.6 Å². The number of benzene rings is 2. The number of carbonyl (C=O) groups is 1. The van der Waals surface area contributed by atoms with Gasteiger partial charge in [-0.1, -0.05) is 18.2 Å². The third-order valence-corrected chi connectivity index (χ3v) is 4.52. The molecule has 0 fully saturated rings. The lowest BCUT2D eigenvalue weighted by molar-refractivity contribution is -0.384. The monoisotopic (exact) mass is 399 g/mol. The third kappa shape index (κ3) is 3.95. The largest absolute Gasteiger partial charge is 0.456 e. The van der Waals surface area contributed by atoms with Crippen LogP contribution < -0.4 is 5.32 Å². The summed E-state index contributed by atoms with van der Waals surface area (Å²) >= 11 is 0. The summed E-state index contributed by atoms with van der Waals surface area (Å²) in [5, 5.41) is 14.9. The maximum atomic E-state index is 12.4. The lowest BCUT2D eigenvalue weighted by Crippen LogP contribution is -2.08. The predicted octanol–water partition coefficient (Wildman–Crippen LogP) is 5.36. The van der Waals surface area contributed by atoms with Crippen molar-refractivity contribution in [3.05, 3.63) is 94.4 Å². The van der Waals surface area contributed by atoms with E-state index in [4.69, 9.17) is 4.42 Å². The van der Waals surface area contributed by atoms with E-state index in [0.29, 0.717) is 22.8 Å². The first-order chi connectivity index (χ1) is 14.5. The van der Waals surface area contributed by atoms with Gasteiger partial charge in [0.25, 0.3) is 5.69 Å². The van der Waals surface area contributed by atoms with Crippen LogP contribution in [-0.2, 0) is 4.79 Å². The summed E-state index contributed by atoms with van der Waals surface area (Å²) in [7, 11) is 0. The molecule has 2 heterocycles. The van der Waals surface area contributed by atoms with Crippen LogP contribution in [-0.4, -0.2) is 15.8 Å². The van der Waals surface area contributed by atoms with Gasteiger partial charge in [-0.2, -0.15) is 0 Å². The molecule has 0 aliphatic rings. The minimum absolute atomic E-state index is 0.0417. The molecule has 2 aromatic heterocycles. The minimum Gasteiger partial charge on any atom is -0.456 e. The molecule has 30 heavy (non-hydrogen) atoms. The summed E-state index contributed by atoms with van der Waals surface area (Å²) < 4.78 is 5.66. The van der Waals surface area contributed by atoms with E-state index in [1.807, 2.05) is 37.3 Å². The Bertz CT molecular complexity index is 1290. The van der Waals surface area contributed by atoms with Crippen LogP contribution in [0, 0.1) is 17.0 Å². The molecule has 7 nitrogen and oxygen atoms in total. The first kappa shape index (κ1) is 19.1. The Hall–Kier alpha value is -4.26. The Balaban J connectivity index is 1.52. The van der Waals surface area contributed by atoms with Crippen molar-refractivity contribution in [2.45, 2.75) is 6.92 Å². The van der Waals surface area contributed by atoms with Gasteiger partial charge in [-0.05, 0) is 55.5 Å². The summed E-state index contributed by atoms with van der Waals surface area (Å²) in [5.41, 5.74) is 2.70. The number of nitrogens with one attached hydrogen (secondary N) is 1. The first-order valence-electron chi connectivity index (χ1n) is 9.20. The molecule has 0 spiro atoms. The molecule has 0 atom stereocenters. The van der Waals surface area contributed by atoms with Crippen molar-refractivity contribution < 1.29 is 14.1 Å². The molecule has 1 amide bonds. The number of aryl methyl sites for hydroxylation is 1. The normalized spacial score (nSPS) is 11.1. The van der Waals surface area contributed by atoms with Gasteiger partial charge in [-0.3, -0.25) is 19.9 Å². The fraction of sp³-hybridized carbons (Fsp3) is 0.0435. The zero-order valence-corrected chi connectivity index (χ0v) is 16.0. The molecule has 0 bridgehead atoms. The Morgan fingerprint density at radius 1 is 1.07 bits per heavy atom. The quantitative estimate of drug-likeness (QED) is 0.277. The molecule has 4 aromatic rings. The van der Waals surface area contributed by atoms with Crippen molar-refractivity contribution in [1.82, 2.24) is 4.98 Å². The highest BCUT2D eigenvalue weighted by Gasteiger charge is 2.16. The molecule has 0 saturated heterocycles. The van der Waals surface area contributed by atoms with Crippen LogP contribution >= 0.6 is 0 Å². The highest BCUT2D eigenvalue weighted by molar-refractivity contribution is 6.06. The SMILES string of the molecule is Cc1ccc2c(NC(=O)/C=C/c3ccc(-c4ccccc4[N+](=O)[O-])o3)cccc2n1. The van der Waals surface area contributed by atoms with Gasteiger partial charge in [-0.25, -0.2) is 0 Å². The summed E-state index contributed by atoms with van der Waals surface area (Å²) in [6, 6.07) is 19.0. The number of nitro groups is 1. The number of para-hydroxylation sites is 1. The molecule has 0 saturated carbocycles. The summed E-state index contributed by atoms with van der Waals surface area (Å²) in [6.07, 6.45) is 2.86. The van der Waals surface area contributed by atoms with Gasteiger partial charge in [0.15, 0.2) is 0 Å². The van der Waals surface area contributed by atoms with Crippen molar-refractivity contribution in [2.24, 2.45) is 0 Å². The zero-order chi connectivity index (χ0) is 21.1. The molecular weight excluding hydrogens is 382 g/mol. The average Bonchev–Trinajstić information content (AvgIpc) is 3.21. The average molecular weight is 399 g/mol. The van der Waals surface area contributed by atoms with Gasteiger partial charge in [0.2, 0.25) is 5.91 Å². The molecule has 7 heteroatoms. The Morgan fingerprint density at radius 3 is 2.73 bits per heavy atom. The number of carbonyl (C=O) groups excluding carboxylic acids is 1. The minimum atomic E-state index is -0.457. The Kier molecular flexibility index (Phi) is 5.09. The molecule has 4 rings (SSSR count). The van der Waals surface area contributed by atoms with Crippen LogP contribution in [0.15, 0.2) is 77.2 Å². The molecule has 0 aliphatic carbocycles. The van der Waals surface area contributed by atoms with Crippen LogP contribution in [0.3, 0.4) is 0 Å². The molecule has 0 unspecified atom stereocenters. The zero-order valence-electron chi connectivity index (χ0n) is 16.0. The number of furan rings is 1.